The average Bonchev–Trinajstić information content (AvgIpc) is 2.43. The Hall–Kier alpha value is -2.62. The minimum Gasteiger partial charge on any atom is -0.381 e. The second-order valence-corrected chi connectivity index (χ2v) is 5.34. The number of hydrogen-bond donors (Lipinski definition) is 2. The lowest BCUT2D eigenvalue weighted by Gasteiger charge is -2.14. The zero-order chi connectivity index (χ0) is 15.0. The van der Waals surface area contributed by atoms with Gasteiger partial charge in [0.25, 0.3) is 0 Å². The van der Waals surface area contributed by atoms with E-state index >= 15 is 0 Å². The second-order valence-electron chi connectivity index (χ2n) is 5.34. The molecular weight excluding hydrogens is 260 g/mol. The summed E-state index contributed by atoms with van der Waals surface area (Å²) in [5, 5.41) is 3.33. The van der Waals surface area contributed by atoms with Crippen molar-refractivity contribution in [2.24, 2.45) is 0 Å². The first-order chi connectivity index (χ1) is 10.0. The summed E-state index contributed by atoms with van der Waals surface area (Å²) in [7, 11) is 0. The molecule has 3 N–H and O–H groups in total. The molecule has 0 spiro atoms. The predicted molar refractivity (Wildman–Crippen MR) is 87.9 cm³/mol. The van der Waals surface area contributed by atoms with Crippen LogP contribution >= 0.6 is 0 Å². The molecule has 3 rings (SSSR count). The highest BCUT2D eigenvalue weighted by atomic mass is 15.1. The van der Waals surface area contributed by atoms with Crippen LogP contribution < -0.4 is 11.1 Å². The van der Waals surface area contributed by atoms with Gasteiger partial charge in [0, 0.05) is 5.69 Å². The minimum absolute atomic E-state index is 0.410. The van der Waals surface area contributed by atoms with Gasteiger partial charge in [0.2, 0.25) is 0 Å². The topological polar surface area (TPSA) is 63.8 Å². The fourth-order valence-electron chi connectivity index (χ4n) is 2.60. The van der Waals surface area contributed by atoms with Crippen molar-refractivity contribution >= 4 is 28.4 Å². The molecule has 0 saturated carbocycles. The van der Waals surface area contributed by atoms with Crippen LogP contribution in [0.25, 0.3) is 11.0 Å². The number of nitrogens with zero attached hydrogens (tertiary/aromatic N) is 2. The Morgan fingerprint density at radius 2 is 1.48 bits per heavy atom. The van der Waals surface area contributed by atoms with E-state index in [0.717, 1.165) is 16.7 Å². The van der Waals surface area contributed by atoms with E-state index in [2.05, 4.69) is 48.2 Å². The first-order valence-corrected chi connectivity index (χ1v) is 6.92. The molecule has 2 aromatic carbocycles. The molecule has 0 amide bonds. The van der Waals surface area contributed by atoms with E-state index in [9.17, 15) is 0 Å². The molecule has 1 heterocycles. The molecule has 3 aromatic rings. The SMILES string of the molecule is Cc1cc(C)c(Nc2nc3ccccc3nc2N)c(C)c1. The molecule has 106 valence electrons. The Morgan fingerprint density at radius 1 is 0.905 bits per heavy atom. The molecule has 4 heteroatoms. The molecule has 4 nitrogen and oxygen atoms in total. The van der Waals surface area contributed by atoms with E-state index in [1.165, 1.54) is 16.7 Å². The number of aryl methyl sites for hydroxylation is 3. The minimum atomic E-state index is 0.410. The van der Waals surface area contributed by atoms with Crippen molar-refractivity contribution in [3.8, 4) is 0 Å². The maximum atomic E-state index is 6.03. The zero-order valence-electron chi connectivity index (χ0n) is 12.4. The van der Waals surface area contributed by atoms with E-state index in [0.29, 0.717) is 11.6 Å². The molecule has 0 unspecified atom stereocenters. The van der Waals surface area contributed by atoms with Crippen LogP contribution in [0.3, 0.4) is 0 Å². The summed E-state index contributed by atoms with van der Waals surface area (Å²) in [4.78, 5) is 8.98. The van der Waals surface area contributed by atoms with Gasteiger partial charge in [-0.05, 0) is 44.0 Å². The maximum Gasteiger partial charge on any atom is 0.174 e. The molecule has 0 aliphatic heterocycles. The third-order valence-electron chi connectivity index (χ3n) is 3.52. The van der Waals surface area contributed by atoms with Crippen molar-refractivity contribution in [2.45, 2.75) is 20.8 Å². The third kappa shape index (κ3) is 2.52. The summed E-state index contributed by atoms with van der Waals surface area (Å²) in [6.45, 7) is 6.24. The van der Waals surface area contributed by atoms with Crippen LogP contribution in [0.15, 0.2) is 36.4 Å². The Labute approximate surface area is 124 Å². The van der Waals surface area contributed by atoms with Crippen molar-refractivity contribution in [1.29, 1.82) is 0 Å². The van der Waals surface area contributed by atoms with E-state index in [4.69, 9.17) is 5.73 Å². The summed E-state index contributed by atoms with van der Waals surface area (Å²) in [6.07, 6.45) is 0. The smallest absolute Gasteiger partial charge is 0.174 e. The first kappa shape index (κ1) is 13.4. The van der Waals surface area contributed by atoms with Gasteiger partial charge in [0.05, 0.1) is 11.0 Å². The molecule has 21 heavy (non-hydrogen) atoms. The van der Waals surface area contributed by atoms with Crippen molar-refractivity contribution in [1.82, 2.24) is 9.97 Å². The third-order valence-corrected chi connectivity index (χ3v) is 3.52. The van der Waals surface area contributed by atoms with Crippen molar-refractivity contribution in [3.63, 3.8) is 0 Å². The molecule has 0 saturated heterocycles. The number of rotatable bonds is 2. The van der Waals surface area contributed by atoms with Gasteiger partial charge in [-0.3, -0.25) is 0 Å². The first-order valence-electron chi connectivity index (χ1n) is 6.92. The number of aromatic nitrogens is 2. The molecule has 0 fully saturated rings. The number of nitrogens with two attached hydrogens (primary N) is 1. The molecular formula is C17H18N4. The maximum absolute atomic E-state index is 6.03. The van der Waals surface area contributed by atoms with E-state index < -0.39 is 0 Å². The van der Waals surface area contributed by atoms with Crippen molar-refractivity contribution < 1.29 is 0 Å². The normalized spacial score (nSPS) is 10.8. The fourth-order valence-corrected chi connectivity index (χ4v) is 2.60. The second kappa shape index (κ2) is 5.05. The monoisotopic (exact) mass is 278 g/mol. The van der Waals surface area contributed by atoms with Crippen LogP contribution in [0.4, 0.5) is 17.3 Å². The number of fused-ring (bicyclic) bond motifs is 1. The van der Waals surface area contributed by atoms with Gasteiger partial charge in [0.1, 0.15) is 0 Å². The summed E-state index contributed by atoms with van der Waals surface area (Å²) >= 11 is 0. The molecule has 1 aromatic heterocycles. The number of para-hydroxylation sites is 2. The van der Waals surface area contributed by atoms with Crippen LogP contribution in [-0.2, 0) is 0 Å². The highest BCUT2D eigenvalue weighted by Gasteiger charge is 2.09. The Kier molecular flexibility index (Phi) is 3.22. The van der Waals surface area contributed by atoms with Gasteiger partial charge in [0.15, 0.2) is 11.6 Å². The Bertz CT molecular complexity index is 801. The van der Waals surface area contributed by atoms with Gasteiger partial charge in [-0.15, -0.1) is 0 Å². The predicted octanol–water partition coefficient (Wildman–Crippen LogP) is 3.88. The van der Waals surface area contributed by atoms with Crippen molar-refractivity contribution in [3.05, 3.63) is 53.1 Å². The standard InChI is InChI=1S/C17H18N4/c1-10-8-11(2)15(12(3)9-10)21-17-16(18)19-13-6-4-5-7-14(13)20-17/h4-9H,1-3H3,(H2,18,19)(H,20,21). The number of nitrogens with one attached hydrogen (secondary N) is 1. The van der Waals surface area contributed by atoms with Crippen LogP contribution in [0, 0.1) is 20.8 Å². The Morgan fingerprint density at radius 3 is 2.10 bits per heavy atom. The average molecular weight is 278 g/mol. The van der Waals surface area contributed by atoms with Crippen LogP contribution in [-0.4, -0.2) is 9.97 Å². The van der Waals surface area contributed by atoms with Crippen molar-refractivity contribution in [2.75, 3.05) is 11.1 Å². The molecule has 0 bridgehead atoms. The highest BCUT2D eigenvalue weighted by Crippen LogP contribution is 2.28. The quantitative estimate of drug-likeness (QED) is 0.746. The Balaban J connectivity index is 2.08. The lowest BCUT2D eigenvalue weighted by atomic mass is 10.1. The van der Waals surface area contributed by atoms with Gasteiger partial charge in [-0.25, -0.2) is 9.97 Å². The van der Waals surface area contributed by atoms with E-state index in [1.54, 1.807) is 0 Å². The zero-order valence-corrected chi connectivity index (χ0v) is 12.4. The summed E-state index contributed by atoms with van der Waals surface area (Å²) < 4.78 is 0. The van der Waals surface area contributed by atoms with E-state index in [1.807, 2.05) is 24.3 Å². The lowest BCUT2D eigenvalue weighted by molar-refractivity contribution is 1.25. The highest BCUT2D eigenvalue weighted by molar-refractivity contribution is 5.81. The lowest BCUT2D eigenvalue weighted by Crippen LogP contribution is -2.04. The number of hydrogen-bond acceptors (Lipinski definition) is 4. The summed E-state index contributed by atoms with van der Waals surface area (Å²) in [5.41, 5.74) is 12.3. The van der Waals surface area contributed by atoms with E-state index in [-0.39, 0.29) is 0 Å². The van der Waals surface area contributed by atoms with Crippen LogP contribution in [0.2, 0.25) is 0 Å². The fraction of sp³-hybridized carbons (Fsp3) is 0.176. The molecule has 0 aliphatic rings. The molecule has 0 aliphatic carbocycles. The summed E-state index contributed by atoms with van der Waals surface area (Å²) in [6, 6.07) is 12.0. The number of anilines is 3. The number of nitrogen functional groups attached to an aromatic ring is 1. The number of benzene rings is 2. The van der Waals surface area contributed by atoms with Gasteiger partial charge < -0.3 is 11.1 Å². The molecule has 0 radical (unpaired) electrons. The molecule has 0 atom stereocenters. The largest absolute Gasteiger partial charge is 0.381 e. The van der Waals surface area contributed by atoms with Gasteiger partial charge >= 0.3 is 0 Å². The van der Waals surface area contributed by atoms with Gasteiger partial charge in [-0.2, -0.15) is 0 Å². The van der Waals surface area contributed by atoms with Crippen LogP contribution in [0.5, 0.6) is 0 Å². The summed E-state index contributed by atoms with van der Waals surface area (Å²) in [5.74, 6) is 1.01. The van der Waals surface area contributed by atoms with Gasteiger partial charge in [-0.1, -0.05) is 29.8 Å². The van der Waals surface area contributed by atoms with Crippen LogP contribution in [0.1, 0.15) is 16.7 Å².